The number of aryl methyl sites for hydroxylation is 1. The van der Waals surface area contributed by atoms with Gasteiger partial charge in [-0.1, -0.05) is 11.6 Å². The number of halogens is 2. The predicted molar refractivity (Wildman–Crippen MR) is 85.1 cm³/mol. The Balaban J connectivity index is 2.18. The summed E-state index contributed by atoms with van der Waals surface area (Å²) >= 11 is 6.02. The first kappa shape index (κ1) is 14.3. The average Bonchev–Trinajstić information content (AvgIpc) is 2.47. The van der Waals surface area contributed by atoms with Crippen LogP contribution in [0.25, 0.3) is 11.4 Å². The van der Waals surface area contributed by atoms with Crippen LogP contribution >= 0.6 is 11.6 Å². The van der Waals surface area contributed by atoms with Crippen LogP contribution in [0.5, 0.6) is 0 Å². The number of guanidine groups is 1. The molecule has 7 heteroatoms. The fourth-order valence-corrected chi connectivity index (χ4v) is 2.44. The van der Waals surface area contributed by atoms with Gasteiger partial charge in [0, 0.05) is 16.8 Å². The molecule has 0 unspecified atom stereocenters. The topological polar surface area (TPSA) is 75.3 Å². The molecule has 1 aromatic heterocycles. The van der Waals surface area contributed by atoms with Crippen molar-refractivity contribution in [2.75, 3.05) is 0 Å². The van der Waals surface area contributed by atoms with E-state index in [-0.39, 0.29) is 11.8 Å². The molecule has 1 aromatic carbocycles. The molecule has 0 aliphatic carbocycles. The van der Waals surface area contributed by atoms with Gasteiger partial charge in [-0.3, -0.25) is 10.9 Å². The fraction of sp³-hybridized carbons (Fsp3) is 0.0667. The highest BCUT2D eigenvalue weighted by atomic mass is 35.5. The van der Waals surface area contributed by atoms with E-state index in [1.807, 2.05) is 13.0 Å². The number of nitrogens with one attached hydrogen (secondary N) is 2. The quantitative estimate of drug-likeness (QED) is 0.744. The van der Waals surface area contributed by atoms with Gasteiger partial charge in [-0.2, -0.15) is 0 Å². The maximum atomic E-state index is 13.1. The Hall–Kier alpha value is -2.60. The van der Waals surface area contributed by atoms with E-state index >= 15 is 0 Å². The number of hydrogen-bond acceptors (Lipinski definition) is 5. The zero-order valence-electron chi connectivity index (χ0n) is 11.7. The predicted octanol–water partition coefficient (Wildman–Crippen LogP) is 2.43. The molecule has 1 aliphatic rings. The van der Waals surface area contributed by atoms with Gasteiger partial charge in [-0.15, -0.1) is 0 Å². The minimum absolute atomic E-state index is 0.222. The number of pyridine rings is 1. The third-order valence-electron chi connectivity index (χ3n) is 3.11. The highest BCUT2D eigenvalue weighted by Gasteiger charge is 2.17. The van der Waals surface area contributed by atoms with E-state index in [4.69, 9.17) is 17.3 Å². The molecule has 0 bridgehead atoms. The summed E-state index contributed by atoms with van der Waals surface area (Å²) in [5, 5.41) is 0.380. The minimum atomic E-state index is -0.312. The lowest BCUT2D eigenvalue weighted by molar-refractivity contribution is 0.627. The normalized spacial score (nSPS) is 14.2. The molecular formula is C15H13ClFN5. The second-order valence-corrected chi connectivity index (χ2v) is 5.18. The molecule has 3 rings (SSSR count). The Morgan fingerprint density at radius 2 is 1.82 bits per heavy atom. The molecule has 0 radical (unpaired) electrons. The van der Waals surface area contributed by atoms with Crippen molar-refractivity contribution in [1.29, 1.82) is 0 Å². The van der Waals surface area contributed by atoms with Crippen molar-refractivity contribution >= 4 is 29.0 Å². The number of aliphatic imine (C=N–C) groups is 1. The Kier molecular flexibility index (Phi) is 3.68. The van der Waals surface area contributed by atoms with E-state index in [1.54, 1.807) is 18.2 Å². The van der Waals surface area contributed by atoms with Gasteiger partial charge in [0.2, 0.25) is 5.96 Å². The van der Waals surface area contributed by atoms with Gasteiger partial charge < -0.3 is 5.73 Å². The summed E-state index contributed by atoms with van der Waals surface area (Å²) in [6.07, 6.45) is 0. The number of benzene rings is 1. The molecule has 4 N–H and O–H groups in total. The van der Waals surface area contributed by atoms with Crippen LogP contribution in [0.2, 0.25) is 5.15 Å². The average molecular weight is 318 g/mol. The number of nitrogens with zero attached hydrogens (tertiary/aromatic N) is 2. The summed E-state index contributed by atoms with van der Waals surface area (Å²) < 4.78 is 13.1. The van der Waals surface area contributed by atoms with Crippen LogP contribution in [0.15, 0.2) is 41.4 Å². The molecule has 0 spiro atoms. The van der Waals surface area contributed by atoms with E-state index in [0.29, 0.717) is 16.5 Å². The summed E-state index contributed by atoms with van der Waals surface area (Å²) in [5.74, 6) is -0.0903. The van der Waals surface area contributed by atoms with Crippen LogP contribution in [-0.4, -0.2) is 10.9 Å². The van der Waals surface area contributed by atoms with Gasteiger partial charge in [0.15, 0.2) is 0 Å². The maximum Gasteiger partial charge on any atom is 0.212 e. The number of nitrogens with two attached hydrogens (primary N) is 1. The Bertz CT molecular complexity index is 763. The number of rotatable bonds is 2. The first-order valence-electron chi connectivity index (χ1n) is 6.54. The standard InChI is InChI=1S/C15H13ClFN5/c1-8-6-10(7-12(16)19-8)14-13(20-15(18)22-21-14)9-2-4-11(17)5-3-9/h2-7,21H,1H3,(H3,18,20,22). The molecule has 0 saturated heterocycles. The second kappa shape index (κ2) is 5.65. The van der Waals surface area contributed by atoms with Crippen LogP contribution in [0.4, 0.5) is 4.39 Å². The van der Waals surface area contributed by atoms with E-state index < -0.39 is 0 Å². The van der Waals surface area contributed by atoms with Crippen molar-refractivity contribution < 1.29 is 4.39 Å². The molecule has 1 aliphatic heterocycles. The lowest BCUT2D eigenvalue weighted by Crippen LogP contribution is -2.44. The largest absolute Gasteiger partial charge is 0.368 e. The number of aromatic nitrogens is 1. The Morgan fingerprint density at radius 3 is 2.50 bits per heavy atom. The zero-order valence-corrected chi connectivity index (χ0v) is 12.4. The van der Waals surface area contributed by atoms with E-state index in [1.165, 1.54) is 12.1 Å². The monoisotopic (exact) mass is 317 g/mol. The van der Waals surface area contributed by atoms with E-state index in [9.17, 15) is 4.39 Å². The first-order chi connectivity index (χ1) is 10.5. The third kappa shape index (κ3) is 2.87. The molecule has 0 fully saturated rings. The van der Waals surface area contributed by atoms with Crippen molar-refractivity contribution in [3.8, 4) is 0 Å². The summed E-state index contributed by atoms with van der Waals surface area (Å²) in [5.41, 5.74) is 15.1. The Morgan fingerprint density at radius 1 is 1.09 bits per heavy atom. The lowest BCUT2D eigenvalue weighted by Gasteiger charge is -2.21. The fourth-order valence-electron chi connectivity index (χ4n) is 2.19. The highest BCUT2D eigenvalue weighted by molar-refractivity contribution is 6.29. The second-order valence-electron chi connectivity index (χ2n) is 4.80. The molecule has 2 aromatic rings. The van der Waals surface area contributed by atoms with Gasteiger partial charge in [-0.25, -0.2) is 14.4 Å². The molecule has 2 heterocycles. The van der Waals surface area contributed by atoms with Crippen LogP contribution < -0.4 is 16.6 Å². The van der Waals surface area contributed by atoms with Crippen LogP contribution in [-0.2, 0) is 0 Å². The SMILES string of the molecule is Cc1cc(C2=C(c3ccc(F)cc3)N=C(N)NN2)cc(Cl)n1. The molecule has 0 saturated carbocycles. The molecule has 22 heavy (non-hydrogen) atoms. The van der Waals surface area contributed by atoms with Crippen LogP contribution in [0.3, 0.4) is 0 Å². The van der Waals surface area contributed by atoms with Crippen LogP contribution in [0.1, 0.15) is 16.8 Å². The van der Waals surface area contributed by atoms with Crippen molar-refractivity contribution in [3.63, 3.8) is 0 Å². The molecule has 0 amide bonds. The molecule has 5 nitrogen and oxygen atoms in total. The highest BCUT2D eigenvalue weighted by Crippen LogP contribution is 2.28. The smallest absolute Gasteiger partial charge is 0.212 e. The zero-order chi connectivity index (χ0) is 15.7. The minimum Gasteiger partial charge on any atom is -0.368 e. The van der Waals surface area contributed by atoms with Crippen molar-refractivity contribution in [2.24, 2.45) is 10.7 Å². The summed E-state index contributed by atoms with van der Waals surface area (Å²) in [7, 11) is 0. The summed E-state index contributed by atoms with van der Waals surface area (Å²) in [4.78, 5) is 8.45. The van der Waals surface area contributed by atoms with E-state index in [0.717, 1.165) is 16.8 Å². The lowest BCUT2D eigenvalue weighted by atomic mass is 10.1. The number of hydrogen-bond donors (Lipinski definition) is 3. The maximum absolute atomic E-state index is 13.1. The van der Waals surface area contributed by atoms with Gasteiger partial charge in [-0.05, 0) is 43.3 Å². The third-order valence-corrected chi connectivity index (χ3v) is 3.31. The van der Waals surface area contributed by atoms with Crippen molar-refractivity contribution in [3.05, 3.63) is 64.2 Å². The van der Waals surface area contributed by atoms with Crippen molar-refractivity contribution in [1.82, 2.24) is 15.8 Å². The number of hydrazine groups is 1. The van der Waals surface area contributed by atoms with Gasteiger partial charge in [0.1, 0.15) is 11.0 Å². The molecular weight excluding hydrogens is 305 g/mol. The molecule has 112 valence electrons. The van der Waals surface area contributed by atoms with Gasteiger partial charge >= 0.3 is 0 Å². The summed E-state index contributed by atoms with van der Waals surface area (Å²) in [6.45, 7) is 1.85. The van der Waals surface area contributed by atoms with Crippen molar-refractivity contribution in [2.45, 2.75) is 6.92 Å². The van der Waals surface area contributed by atoms with Gasteiger partial charge in [0.05, 0.1) is 11.4 Å². The van der Waals surface area contributed by atoms with Gasteiger partial charge in [0.25, 0.3) is 0 Å². The Labute approximate surface area is 131 Å². The van der Waals surface area contributed by atoms with E-state index in [2.05, 4.69) is 20.8 Å². The molecule has 0 atom stereocenters. The van der Waals surface area contributed by atoms with Crippen LogP contribution in [0, 0.1) is 12.7 Å². The first-order valence-corrected chi connectivity index (χ1v) is 6.92. The summed E-state index contributed by atoms with van der Waals surface area (Å²) in [6, 6.07) is 9.63.